The third-order valence-electron chi connectivity index (χ3n) is 4.78. The van der Waals surface area contributed by atoms with Crippen molar-refractivity contribution in [1.29, 1.82) is 0 Å². The maximum atomic E-state index is 12.1. The van der Waals surface area contributed by atoms with E-state index in [1.165, 1.54) is 0 Å². The highest BCUT2D eigenvalue weighted by Crippen LogP contribution is 2.39. The fourth-order valence-corrected chi connectivity index (χ4v) is 3.49. The molecule has 1 aromatic rings. The van der Waals surface area contributed by atoms with Crippen molar-refractivity contribution >= 4 is 17.5 Å². The van der Waals surface area contributed by atoms with Gasteiger partial charge < -0.3 is 29.6 Å². The topological polar surface area (TPSA) is 95.1 Å². The highest BCUT2D eigenvalue weighted by Gasteiger charge is 2.43. The minimum atomic E-state index is -0.740. The van der Waals surface area contributed by atoms with Crippen LogP contribution in [-0.4, -0.2) is 50.1 Å². The van der Waals surface area contributed by atoms with E-state index in [-0.39, 0.29) is 12.6 Å². The molecule has 0 aromatic heterocycles. The average Bonchev–Trinajstić information content (AvgIpc) is 3.29. The Bertz CT molecular complexity index is 701. The van der Waals surface area contributed by atoms with Crippen LogP contribution in [0.1, 0.15) is 25.7 Å². The van der Waals surface area contributed by atoms with Crippen LogP contribution in [0, 0.1) is 0 Å². The predicted octanol–water partition coefficient (Wildman–Crippen LogP) is 1.20. The van der Waals surface area contributed by atoms with E-state index in [1.54, 1.807) is 18.2 Å². The molecule has 1 saturated heterocycles. The van der Waals surface area contributed by atoms with Crippen LogP contribution in [0.2, 0.25) is 0 Å². The summed E-state index contributed by atoms with van der Waals surface area (Å²) in [4.78, 5) is 24.1. The Kier molecular flexibility index (Phi) is 4.69. The van der Waals surface area contributed by atoms with Crippen LogP contribution in [-0.2, 0) is 19.1 Å². The molecule has 3 aliphatic rings. The summed E-state index contributed by atoms with van der Waals surface area (Å²) < 4.78 is 22.6. The van der Waals surface area contributed by atoms with E-state index < -0.39 is 17.6 Å². The molecule has 1 atom stereocenters. The van der Waals surface area contributed by atoms with Crippen molar-refractivity contribution in [2.75, 3.05) is 31.7 Å². The highest BCUT2D eigenvalue weighted by atomic mass is 16.7. The number of ether oxygens (including phenoxy) is 4. The Labute approximate surface area is 151 Å². The molecule has 4 rings (SSSR count). The number of rotatable bonds is 3. The van der Waals surface area contributed by atoms with Crippen molar-refractivity contribution in [1.82, 2.24) is 5.32 Å². The molecule has 1 aromatic carbocycles. The summed E-state index contributed by atoms with van der Waals surface area (Å²) in [6.45, 7) is 1.63. The lowest BCUT2D eigenvalue weighted by Gasteiger charge is -2.21. The molecule has 140 valence electrons. The van der Waals surface area contributed by atoms with Crippen molar-refractivity contribution in [3.8, 4) is 11.5 Å². The van der Waals surface area contributed by atoms with Gasteiger partial charge in [0, 0.05) is 31.1 Å². The van der Waals surface area contributed by atoms with Crippen molar-refractivity contribution in [2.45, 2.75) is 37.6 Å². The smallest absolute Gasteiger partial charge is 0.313 e. The van der Waals surface area contributed by atoms with E-state index in [2.05, 4.69) is 10.6 Å². The van der Waals surface area contributed by atoms with Crippen LogP contribution in [0.25, 0.3) is 0 Å². The summed E-state index contributed by atoms with van der Waals surface area (Å²) in [6, 6.07) is 5.00. The molecular formula is C18H22N2O6. The number of hydrogen-bond acceptors (Lipinski definition) is 6. The monoisotopic (exact) mass is 362 g/mol. The Balaban J connectivity index is 1.26. The van der Waals surface area contributed by atoms with Gasteiger partial charge in [-0.1, -0.05) is 0 Å². The lowest BCUT2D eigenvalue weighted by molar-refractivity contribution is -0.161. The fraction of sp³-hybridized carbons (Fsp3) is 0.556. The van der Waals surface area contributed by atoms with Crippen LogP contribution in [0.15, 0.2) is 18.2 Å². The molecule has 8 nitrogen and oxygen atoms in total. The minimum Gasteiger partial charge on any atom is -0.486 e. The molecule has 0 bridgehead atoms. The van der Waals surface area contributed by atoms with E-state index in [9.17, 15) is 9.59 Å². The maximum absolute atomic E-state index is 12.1. The normalized spacial score (nSPS) is 23.0. The van der Waals surface area contributed by atoms with Gasteiger partial charge in [0.15, 0.2) is 17.3 Å². The Hall–Kier alpha value is -2.32. The largest absolute Gasteiger partial charge is 0.486 e. The second-order valence-corrected chi connectivity index (χ2v) is 6.69. The number of carbonyl (C=O) groups is 2. The van der Waals surface area contributed by atoms with Gasteiger partial charge in [0.05, 0.1) is 6.61 Å². The molecule has 2 amide bonds. The van der Waals surface area contributed by atoms with Crippen LogP contribution < -0.4 is 20.1 Å². The number of benzene rings is 1. The Morgan fingerprint density at radius 1 is 1.08 bits per heavy atom. The lowest BCUT2D eigenvalue weighted by atomic mass is 10.2. The minimum absolute atomic E-state index is 0.223. The highest BCUT2D eigenvalue weighted by molar-refractivity contribution is 6.39. The van der Waals surface area contributed by atoms with Gasteiger partial charge >= 0.3 is 11.8 Å². The summed E-state index contributed by atoms with van der Waals surface area (Å²) >= 11 is 0. The van der Waals surface area contributed by atoms with Crippen molar-refractivity contribution in [3.63, 3.8) is 0 Å². The van der Waals surface area contributed by atoms with Gasteiger partial charge in [-0.15, -0.1) is 0 Å². The second kappa shape index (κ2) is 7.13. The summed E-state index contributed by atoms with van der Waals surface area (Å²) in [5.41, 5.74) is 0.472. The van der Waals surface area contributed by atoms with Gasteiger partial charge in [-0.3, -0.25) is 9.59 Å². The molecule has 2 heterocycles. The fourth-order valence-electron chi connectivity index (χ4n) is 3.49. The van der Waals surface area contributed by atoms with Gasteiger partial charge in [-0.2, -0.15) is 0 Å². The summed E-state index contributed by atoms with van der Waals surface area (Å²) in [6.07, 6.45) is 3.75. The molecule has 1 unspecified atom stereocenters. The Morgan fingerprint density at radius 3 is 2.65 bits per heavy atom. The van der Waals surface area contributed by atoms with Gasteiger partial charge in [0.25, 0.3) is 0 Å². The first-order chi connectivity index (χ1) is 12.6. The Morgan fingerprint density at radius 2 is 1.85 bits per heavy atom. The molecule has 1 saturated carbocycles. The molecule has 26 heavy (non-hydrogen) atoms. The summed E-state index contributed by atoms with van der Waals surface area (Å²) in [7, 11) is 0. The second-order valence-electron chi connectivity index (χ2n) is 6.69. The lowest BCUT2D eigenvalue weighted by Crippen LogP contribution is -2.40. The van der Waals surface area contributed by atoms with Gasteiger partial charge in [-0.05, 0) is 25.0 Å². The quantitative estimate of drug-likeness (QED) is 0.785. The molecule has 1 spiro atoms. The van der Waals surface area contributed by atoms with E-state index in [0.29, 0.717) is 37.0 Å². The van der Waals surface area contributed by atoms with Crippen LogP contribution in [0.5, 0.6) is 11.5 Å². The van der Waals surface area contributed by atoms with E-state index >= 15 is 0 Å². The predicted molar refractivity (Wildman–Crippen MR) is 91.1 cm³/mol. The van der Waals surface area contributed by atoms with Crippen molar-refractivity contribution in [3.05, 3.63) is 18.2 Å². The molecule has 2 aliphatic heterocycles. The third kappa shape index (κ3) is 3.61. The number of carbonyl (C=O) groups excluding carboxylic acids is 2. The number of anilines is 1. The zero-order valence-corrected chi connectivity index (χ0v) is 14.4. The maximum Gasteiger partial charge on any atom is 0.313 e. The standard InChI is InChI=1S/C18H22N2O6/c21-16(19-10-13-11-25-18(26-13)5-1-2-6-18)17(22)20-12-3-4-14-15(9-12)24-8-7-23-14/h3-4,9,13H,1-2,5-8,10-11H2,(H,19,21)(H,20,22). The zero-order chi connectivity index (χ0) is 18.0. The van der Waals surface area contributed by atoms with E-state index in [1.807, 2.05) is 0 Å². The molecule has 1 aliphatic carbocycles. The average molecular weight is 362 g/mol. The van der Waals surface area contributed by atoms with Crippen molar-refractivity contribution in [2.24, 2.45) is 0 Å². The van der Waals surface area contributed by atoms with Crippen LogP contribution >= 0.6 is 0 Å². The van der Waals surface area contributed by atoms with E-state index in [4.69, 9.17) is 18.9 Å². The molecule has 8 heteroatoms. The van der Waals surface area contributed by atoms with Gasteiger partial charge in [-0.25, -0.2) is 0 Å². The van der Waals surface area contributed by atoms with Gasteiger partial charge in [0.2, 0.25) is 0 Å². The molecular weight excluding hydrogens is 340 g/mol. The van der Waals surface area contributed by atoms with Crippen molar-refractivity contribution < 1.29 is 28.5 Å². The first-order valence-electron chi connectivity index (χ1n) is 8.94. The number of nitrogens with one attached hydrogen (secondary N) is 2. The molecule has 2 N–H and O–H groups in total. The summed E-state index contributed by atoms with van der Waals surface area (Å²) in [5, 5.41) is 5.16. The number of amides is 2. The first kappa shape index (κ1) is 17.1. The van der Waals surface area contributed by atoms with Crippen LogP contribution in [0.4, 0.5) is 5.69 Å². The molecule has 2 fully saturated rings. The van der Waals surface area contributed by atoms with E-state index in [0.717, 1.165) is 25.7 Å². The SMILES string of the molecule is O=C(NCC1COC2(CCCC2)O1)C(=O)Nc1ccc2c(c1)OCCO2. The number of fused-ring (bicyclic) bond motifs is 1. The first-order valence-corrected chi connectivity index (χ1v) is 8.94. The van der Waals surface area contributed by atoms with Crippen LogP contribution in [0.3, 0.4) is 0 Å². The summed E-state index contributed by atoms with van der Waals surface area (Å²) in [5.74, 6) is -0.749. The third-order valence-corrected chi connectivity index (χ3v) is 4.78. The molecule has 0 radical (unpaired) electrons. The van der Waals surface area contributed by atoms with Gasteiger partial charge in [0.1, 0.15) is 19.3 Å². The number of hydrogen-bond donors (Lipinski definition) is 2. The zero-order valence-electron chi connectivity index (χ0n) is 14.4.